The molecule has 4 unspecified atom stereocenters. The lowest BCUT2D eigenvalue weighted by molar-refractivity contribution is 0.105. The zero-order valence-corrected chi connectivity index (χ0v) is 11.0. The van der Waals surface area contributed by atoms with Gasteiger partial charge in [-0.2, -0.15) is 11.8 Å². The second-order valence-electron chi connectivity index (χ2n) is 5.40. The summed E-state index contributed by atoms with van der Waals surface area (Å²) in [5.41, 5.74) is 0. The van der Waals surface area contributed by atoms with Crippen LogP contribution in [0.5, 0.6) is 0 Å². The normalized spacial score (nSPS) is 43.4. The molecule has 0 aromatic carbocycles. The number of nitrogens with one attached hydrogen (secondary N) is 1. The molecule has 0 bridgehead atoms. The molecule has 0 aliphatic carbocycles. The highest BCUT2D eigenvalue weighted by atomic mass is 32.2. The molecule has 2 rings (SSSR count). The van der Waals surface area contributed by atoms with E-state index >= 15 is 0 Å². The number of nitrogens with zero attached hydrogens (tertiary/aromatic N) is 1. The monoisotopic (exact) mass is 228 g/mol. The first-order valence-corrected chi connectivity index (χ1v) is 7.47. The Bertz CT molecular complexity index is 200. The summed E-state index contributed by atoms with van der Waals surface area (Å²) in [6.07, 6.45) is 3.67. The minimum absolute atomic E-state index is 0.783. The van der Waals surface area contributed by atoms with Crippen molar-refractivity contribution in [3.8, 4) is 0 Å². The maximum absolute atomic E-state index is 3.54. The SMILES string of the molecule is CSC1CNCC1N1CC(C)CC(C)C1. The summed E-state index contributed by atoms with van der Waals surface area (Å²) in [6.45, 7) is 9.83. The molecule has 4 atom stereocenters. The summed E-state index contributed by atoms with van der Waals surface area (Å²) in [5, 5.41) is 4.35. The Kier molecular flexibility index (Phi) is 3.97. The van der Waals surface area contributed by atoms with Gasteiger partial charge in [0.25, 0.3) is 0 Å². The number of thioether (sulfide) groups is 1. The van der Waals surface area contributed by atoms with Crippen LogP contribution in [-0.4, -0.2) is 48.6 Å². The fourth-order valence-electron chi connectivity index (χ4n) is 3.23. The Morgan fingerprint density at radius 2 is 1.80 bits per heavy atom. The van der Waals surface area contributed by atoms with Crippen LogP contribution < -0.4 is 5.32 Å². The smallest absolute Gasteiger partial charge is 0.0351 e. The summed E-state index contributed by atoms with van der Waals surface area (Å²) in [6, 6.07) is 0.783. The van der Waals surface area contributed by atoms with E-state index < -0.39 is 0 Å². The minimum Gasteiger partial charge on any atom is -0.314 e. The second kappa shape index (κ2) is 5.07. The first kappa shape index (κ1) is 11.7. The highest BCUT2D eigenvalue weighted by Crippen LogP contribution is 2.27. The van der Waals surface area contributed by atoms with Crippen LogP contribution in [0.3, 0.4) is 0 Å². The van der Waals surface area contributed by atoms with Gasteiger partial charge in [0.1, 0.15) is 0 Å². The standard InChI is InChI=1S/C12H24N2S/c1-9-4-10(2)8-14(7-9)11-5-13-6-12(11)15-3/h9-13H,4-8H2,1-3H3. The molecule has 0 radical (unpaired) electrons. The predicted octanol–water partition coefficient (Wildman–Crippen LogP) is 1.67. The highest BCUT2D eigenvalue weighted by molar-refractivity contribution is 7.99. The average Bonchev–Trinajstić information content (AvgIpc) is 2.63. The van der Waals surface area contributed by atoms with Gasteiger partial charge in [-0.05, 0) is 24.5 Å². The Morgan fingerprint density at radius 1 is 1.13 bits per heavy atom. The Balaban J connectivity index is 1.96. The lowest BCUT2D eigenvalue weighted by atomic mass is 9.90. The predicted molar refractivity (Wildman–Crippen MR) is 68.5 cm³/mol. The molecule has 15 heavy (non-hydrogen) atoms. The lowest BCUT2D eigenvalue weighted by Crippen LogP contribution is -2.49. The van der Waals surface area contributed by atoms with Crippen LogP contribution in [0.4, 0.5) is 0 Å². The number of hydrogen-bond donors (Lipinski definition) is 1. The van der Waals surface area contributed by atoms with Crippen LogP contribution in [0.2, 0.25) is 0 Å². The maximum Gasteiger partial charge on any atom is 0.0351 e. The van der Waals surface area contributed by atoms with E-state index in [0.717, 1.165) is 23.1 Å². The molecule has 0 saturated carbocycles. The van der Waals surface area contributed by atoms with Crippen molar-refractivity contribution in [1.29, 1.82) is 0 Å². The van der Waals surface area contributed by atoms with E-state index in [-0.39, 0.29) is 0 Å². The lowest BCUT2D eigenvalue weighted by Gasteiger charge is -2.40. The highest BCUT2D eigenvalue weighted by Gasteiger charge is 2.34. The van der Waals surface area contributed by atoms with Crippen molar-refractivity contribution in [3.05, 3.63) is 0 Å². The molecule has 0 amide bonds. The summed E-state index contributed by atoms with van der Waals surface area (Å²) >= 11 is 2.03. The van der Waals surface area contributed by atoms with Gasteiger partial charge in [-0.15, -0.1) is 0 Å². The molecule has 2 heterocycles. The van der Waals surface area contributed by atoms with Gasteiger partial charge in [0, 0.05) is 37.5 Å². The molecule has 2 nitrogen and oxygen atoms in total. The first-order chi connectivity index (χ1) is 7.20. The van der Waals surface area contributed by atoms with Gasteiger partial charge in [-0.25, -0.2) is 0 Å². The third-order valence-corrected chi connectivity index (χ3v) is 4.88. The molecular formula is C12H24N2S. The second-order valence-corrected chi connectivity index (χ2v) is 6.48. The molecule has 0 aromatic rings. The van der Waals surface area contributed by atoms with E-state index in [2.05, 4.69) is 30.3 Å². The van der Waals surface area contributed by atoms with E-state index in [1.807, 2.05) is 11.8 Å². The summed E-state index contributed by atoms with van der Waals surface area (Å²) in [5.74, 6) is 1.77. The minimum atomic E-state index is 0.783. The van der Waals surface area contributed by atoms with Crippen LogP contribution in [0.25, 0.3) is 0 Å². The Morgan fingerprint density at radius 3 is 2.40 bits per heavy atom. The molecule has 2 saturated heterocycles. The van der Waals surface area contributed by atoms with E-state index in [4.69, 9.17) is 0 Å². The van der Waals surface area contributed by atoms with Gasteiger partial charge in [0.2, 0.25) is 0 Å². The van der Waals surface area contributed by atoms with Crippen molar-refractivity contribution in [2.24, 2.45) is 11.8 Å². The fourth-order valence-corrected chi connectivity index (χ4v) is 4.09. The molecule has 2 aliphatic rings. The van der Waals surface area contributed by atoms with Crippen molar-refractivity contribution in [1.82, 2.24) is 10.2 Å². The first-order valence-electron chi connectivity index (χ1n) is 6.18. The zero-order valence-electron chi connectivity index (χ0n) is 10.2. The largest absolute Gasteiger partial charge is 0.314 e. The Hall–Kier alpha value is 0.270. The van der Waals surface area contributed by atoms with Crippen LogP contribution in [-0.2, 0) is 0 Å². The maximum atomic E-state index is 3.54. The topological polar surface area (TPSA) is 15.3 Å². The number of piperidine rings is 1. The molecule has 2 aliphatic heterocycles. The van der Waals surface area contributed by atoms with Gasteiger partial charge >= 0.3 is 0 Å². The molecule has 0 aromatic heterocycles. The quantitative estimate of drug-likeness (QED) is 0.774. The summed E-state index contributed by atoms with van der Waals surface area (Å²) in [4.78, 5) is 2.74. The third kappa shape index (κ3) is 2.69. The van der Waals surface area contributed by atoms with Gasteiger partial charge in [-0.1, -0.05) is 13.8 Å². The molecule has 88 valence electrons. The van der Waals surface area contributed by atoms with Crippen molar-refractivity contribution in [2.75, 3.05) is 32.4 Å². The molecule has 2 fully saturated rings. The Labute approximate surface area is 98.2 Å². The van der Waals surface area contributed by atoms with Crippen molar-refractivity contribution < 1.29 is 0 Å². The van der Waals surface area contributed by atoms with Gasteiger partial charge < -0.3 is 5.32 Å². The van der Waals surface area contributed by atoms with Gasteiger partial charge in [0.15, 0.2) is 0 Å². The third-order valence-electron chi connectivity index (χ3n) is 3.80. The van der Waals surface area contributed by atoms with Crippen molar-refractivity contribution >= 4 is 11.8 Å². The van der Waals surface area contributed by atoms with Gasteiger partial charge in [-0.3, -0.25) is 4.90 Å². The number of hydrogen-bond acceptors (Lipinski definition) is 3. The van der Waals surface area contributed by atoms with Gasteiger partial charge in [0.05, 0.1) is 0 Å². The van der Waals surface area contributed by atoms with E-state index in [1.54, 1.807) is 0 Å². The average molecular weight is 228 g/mol. The molecule has 0 spiro atoms. The fraction of sp³-hybridized carbons (Fsp3) is 1.00. The molecule has 3 heteroatoms. The molecule has 1 N–H and O–H groups in total. The number of rotatable bonds is 2. The van der Waals surface area contributed by atoms with Crippen molar-refractivity contribution in [2.45, 2.75) is 31.6 Å². The molecular weight excluding hydrogens is 204 g/mol. The van der Waals surface area contributed by atoms with E-state index in [9.17, 15) is 0 Å². The van der Waals surface area contributed by atoms with E-state index in [1.165, 1.54) is 32.6 Å². The summed E-state index contributed by atoms with van der Waals surface area (Å²) < 4.78 is 0. The van der Waals surface area contributed by atoms with Crippen LogP contribution in [0.15, 0.2) is 0 Å². The van der Waals surface area contributed by atoms with Crippen LogP contribution in [0, 0.1) is 11.8 Å². The number of likely N-dealkylation sites (tertiary alicyclic amines) is 1. The van der Waals surface area contributed by atoms with Crippen LogP contribution >= 0.6 is 11.8 Å². The van der Waals surface area contributed by atoms with E-state index in [0.29, 0.717) is 0 Å². The van der Waals surface area contributed by atoms with Crippen molar-refractivity contribution in [3.63, 3.8) is 0 Å². The summed E-state index contributed by atoms with van der Waals surface area (Å²) in [7, 11) is 0. The van der Waals surface area contributed by atoms with Crippen LogP contribution in [0.1, 0.15) is 20.3 Å². The zero-order chi connectivity index (χ0) is 10.8.